The Kier molecular flexibility index (Phi) is 4.86. The van der Waals surface area contributed by atoms with Gasteiger partial charge in [0.1, 0.15) is 5.75 Å². The summed E-state index contributed by atoms with van der Waals surface area (Å²) in [6, 6.07) is 9.44. The Morgan fingerprint density at radius 2 is 1.83 bits per heavy atom. The number of amidine groups is 1. The fourth-order valence-electron chi connectivity index (χ4n) is 1.93. The van der Waals surface area contributed by atoms with Gasteiger partial charge in [0.25, 0.3) is 10.0 Å². The van der Waals surface area contributed by atoms with Gasteiger partial charge in [0, 0.05) is 0 Å². The number of anilines is 1. The van der Waals surface area contributed by atoms with E-state index >= 15 is 0 Å². The second-order valence-corrected chi connectivity index (χ2v) is 7.79. The van der Waals surface area contributed by atoms with Gasteiger partial charge in [-0.05, 0) is 55.4 Å². The maximum Gasteiger partial charge on any atom is 0.261 e. The smallest absolute Gasteiger partial charge is 0.261 e. The molecule has 8 heteroatoms. The minimum absolute atomic E-state index is 0.0246. The lowest BCUT2D eigenvalue weighted by Crippen LogP contribution is -2.13. The molecule has 0 aliphatic carbocycles. The van der Waals surface area contributed by atoms with Crippen LogP contribution < -0.4 is 10.5 Å². The normalized spacial score (nSPS) is 11.2. The summed E-state index contributed by atoms with van der Waals surface area (Å²) in [4.78, 5) is 0.466. The van der Waals surface area contributed by atoms with Crippen LogP contribution in [0, 0.1) is 19.3 Å². The van der Waals surface area contributed by atoms with Crippen molar-refractivity contribution in [1.82, 2.24) is 0 Å². The SMILES string of the molecule is Cc1ccc(S(=O)(=O)Nc2cc(C)c(O)c(SC(=N)N)c2)cc1. The highest BCUT2D eigenvalue weighted by Gasteiger charge is 2.16. The molecule has 0 spiro atoms. The van der Waals surface area contributed by atoms with Gasteiger partial charge in [0.2, 0.25) is 0 Å². The predicted octanol–water partition coefficient (Wildman–Crippen LogP) is 2.80. The van der Waals surface area contributed by atoms with Crippen molar-refractivity contribution in [2.24, 2.45) is 5.73 Å². The second kappa shape index (κ2) is 6.51. The zero-order valence-corrected chi connectivity index (χ0v) is 14.3. The van der Waals surface area contributed by atoms with Crippen LogP contribution >= 0.6 is 11.8 Å². The number of hydrogen-bond acceptors (Lipinski definition) is 5. The van der Waals surface area contributed by atoms with Crippen LogP contribution in [0.4, 0.5) is 5.69 Å². The van der Waals surface area contributed by atoms with Crippen molar-refractivity contribution in [3.63, 3.8) is 0 Å². The molecule has 0 saturated carbocycles. The number of sulfonamides is 1. The molecule has 122 valence electrons. The van der Waals surface area contributed by atoms with E-state index < -0.39 is 10.0 Å². The molecule has 2 rings (SSSR count). The highest BCUT2D eigenvalue weighted by molar-refractivity contribution is 8.13. The number of nitrogens with one attached hydrogen (secondary N) is 2. The maximum absolute atomic E-state index is 12.4. The molecule has 6 nitrogen and oxygen atoms in total. The van der Waals surface area contributed by atoms with Gasteiger partial charge in [-0.15, -0.1) is 0 Å². The summed E-state index contributed by atoms with van der Waals surface area (Å²) >= 11 is 0.853. The zero-order chi connectivity index (χ0) is 17.2. The van der Waals surface area contributed by atoms with E-state index in [9.17, 15) is 13.5 Å². The molecule has 0 saturated heterocycles. The second-order valence-electron chi connectivity index (χ2n) is 5.02. The van der Waals surface area contributed by atoms with E-state index in [1.807, 2.05) is 6.92 Å². The number of aryl methyl sites for hydroxylation is 2. The van der Waals surface area contributed by atoms with Gasteiger partial charge in [-0.1, -0.05) is 17.7 Å². The van der Waals surface area contributed by atoms with E-state index in [1.54, 1.807) is 19.1 Å². The molecule has 0 unspecified atom stereocenters. The Balaban J connectivity index is 2.37. The first-order valence-electron chi connectivity index (χ1n) is 6.64. The lowest BCUT2D eigenvalue weighted by atomic mass is 10.2. The molecule has 0 heterocycles. The van der Waals surface area contributed by atoms with Crippen molar-refractivity contribution in [3.8, 4) is 5.75 Å². The fraction of sp³-hybridized carbons (Fsp3) is 0.133. The summed E-state index contributed by atoms with van der Waals surface area (Å²) in [6.07, 6.45) is 0. The van der Waals surface area contributed by atoms with Crippen molar-refractivity contribution in [1.29, 1.82) is 5.41 Å². The van der Waals surface area contributed by atoms with Crippen LogP contribution in [0.3, 0.4) is 0 Å². The van der Waals surface area contributed by atoms with Gasteiger partial charge in [-0.2, -0.15) is 0 Å². The number of rotatable bonds is 4. The monoisotopic (exact) mass is 351 g/mol. The minimum atomic E-state index is -3.73. The molecule has 0 radical (unpaired) electrons. The lowest BCUT2D eigenvalue weighted by molar-refractivity contribution is 0.458. The summed E-state index contributed by atoms with van der Waals surface area (Å²) in [7, 11) is -3.73. The first-order valence-corrected chi connectivity index (χ1v) is 8.94. The van der Waals surface area contributed by atoms with Gasteiger partial charge in [-0.25, -0.2) is 8.42 Å². The van der Waals surface area contributed by atoms with Crippen LogP contribution in [-0.2, 0) is 10.0 Å². The Bertz CT molecular complexity index is 847. The summed E-state index contributed by atoms with van der Waals surface area (Å²) in [5, 5.41) is 17.1. The molecule has 0 amide bonds. The summed E-state index contributed by atoms with van der Waals surface area (Å²) in [6.45, 7) is 3.52. The molecule has 2 aromatic rings. The molecule has 0 aliphatic heterocycles. The van der Waals surface area contributed by atoms with Crippen LogP contribution in [0.1, 0.15) is 11.1 Å². The number of benzene rings is 2. The van der Waals surface area contributed by atoms with Crippen molar-refractivity contribution in [3.05, 3.63) is 47.5 Å². The molecular weight excluding hydrogens is 334 g/mol. The van der Waals surface area contributed by atoms with Crippen LogP contribution in [-0.4, -0.2) is 18.7 Å². The number of phenols is 1. The highest BCUT2D eigenvalue weighted by atomic mass is 32.2. The maximum atomic E-state index is 12.4. The molecule has 5 N–H and O–H groups in total. The number of phenolic OH excluding ortho intramolecular Hbond substituents is 1. The average Bonchev–Trinajstić information content (AvgIpc) is 2.43. The first-order chi connectivity index (χ1) is 10.7. The van der Waals surface area contributed by atoms with Gasteiger partial charge in [0.05, 0.1) is 15.5 Å². The van der Waals surface area contributed by atoms with Gasteiger partial charge >= 0.3 is 0 Å². The van der Waals surface area contributed by atoms with Crippen molar-refractivity contribution >= 4 is 32.6 Å². The van der Waals surface area contributed by atoms with E-state index in [4.69, 9.17) is 11.1 Å². The van der Waals surface area contributed by atoms with E-state index in [1.165, 1.54) is 24.3 Å². The molecule has 0 aromatic heterocycles. The molecular formula is C15H17N3O3S2. The number of hydrogen-bond donors (Lipinski definition) is 4. The van der Waals surface area contributed by atoms with Crippen LogP contribution in [0.2, 0.25) is 0 Å². The standard InChI is InChI=1S/C15H17N3O3S2/c1-9-3-5-12(6-4-9)23(20,21)18-11-7-10(2)14(19)13(8-11)22-15(16)17/h3-8,18-19H,1-2H3,(H3,16,17). The molecule has 2 aromatic carbocycles. The lowest BCUT2D eigenvalue weighted by Gasteiger charge is -2.12. The third-order valence-corrected chi connectivity index (χ3v) is 5.22. The topological polar surface area (TPSA) is 116 Å². The Morgan fingerprint density at radius 3 is 2.39 bits per heavy atom. The fourth-order valence-corrected chi connectivity index (χ4v) is 3.65. The van der Waals surface area contributed by atoms with E-state index in [-0.39, 0.29) is 15.8 Å². The van der Waals surface area contributed by atoms with Gasteiger partial charge < -0.3 is 10.8 Å². The number of nitrogens with two attached hydrogens (primary N) is 1. The largest absolute Gasteiger partial charge is 0.506 e. The van der Waals surface area contributed by atoms with Crippen LogP contribution in [0.15, 0.2) is 46.2 Å². The van der Waals surface area contributed by atoms with Gasteiger partial charge in [0.15, 0.2) is 5.17 Å². The van der Waals surface area contributed by atoms with E-state index in [0.29, 0.717) is 16.1 Å². The Hall–Kier alpha value is -2.19. The first kappa shape index (κ1) is 17.2. The van der Waals surface area contributed by atoms with Crippen molar-refractivity contribution in [2.45, 2.75) is 23.6 Å². The Morgan fingerprint density at radius 1 is 1.22 bits per heavy atom. The molecule has 0 fully saturated rings. The third-order valence-electron chi connectivity index (χ3n) is 3.07. The van der Waals surface area contributed by atoms with Crippen LogP contribution in [0.25, 0.3) is 0 Å². The number of thioether (sulfide) groups is 1. The highest BCUT2D eigenvalue weighted by Crippen LogP contribution is 2.34. The molecule has 0 aliphatic rings. The zero-order valence-electron chi connectivity index (χ0n) is 12.6. The van der Waals surface area contributed by atoms with E-state index in [0.717, 1.165) is 17.3 Å². The number of aromatic hydroxyl groups is 1. The summed E-state index contributed by atoms with van der Waals surface area (Å²) in [5.74, 6) is -0.0246. The summed E-state index contributed by atoms with van der Waals surface area (Å²) in [5.41, 5.74) is 7.07. The van der Waals surface area contributed by atoms with E-state index in [2.05, 4.69) is 4.72 Å². The van der Waals surface area contributed by atoms with Gasteiger partial charge in [-0.3, -0.25) is 10.1 Å². The van der Waals surface area contributed by atoms with Crippen molar-refractivity contribution in [2.75, 3.05) is 4.72 Å². The quantitative estimate of drug-likeness (QED) is 0.292. The Labute approximate surface area is 139 Å². The molecule has 0 bridgehead atoms. The minimum Gasteiger partial charge on any atom is -0.506 e. The third kappa shape index (κ3) is 4.17. The molecule has 0 atom stereocenters. The molecule has 23 heavy (non-hydrogen) atoms. The average molecular weight is 351 g/mol. The summed E-state index contributed by atoms with van der Waals surface area (Å²) < 4.78 is 27.3. The van der Waals surface area contributed by atoms with Crippen LogP contribution in [0.5, 0.6) is 5.75 Å². The predicted molar refractivity (Wildman–Crippen MR) is 92.6 cm³/mol. The van der Waals surface area contributed by atoms with Crippen molar-refractivity contribution < 1.29 is 13.5 Å².